The number of nitrogens with zero attached hydrogens (tertiary/aromatic N) is 1. The molecule has 0 aromatic carbocycles. The van der Waals surface area contributed by atoms with Crippen molar-refractivity contribution >= 4 is 13.6 Å². The zero-order chi connectivity index (χ0) is 28.0. The average molecular weight is 555 g/mol. The summed E-state index contributed by atoms with van der Waals surface area (Å²) in [7, 11) is 1.01. The summed E-state index contributed by atoms with van der Waals surface area (Å²) in [4.78, 5) is 26.7. The first-order chi connectivity index (χ1) is 17.5. The van der Waals surface area contributed by atoms with E-state index in [1.807, 2.05) is 21.1 Å². The van der Waals surface area contributed by atoms with E-state index in [0.29, 0.717) is 4.48 Å². The van der Waals surface area contributed by atoms with Gasteiger partial charge >= 0.3 is 7.82 Å². The molecule has 0 aliphatic carbocycles. The Morgan fingerprint density at radius 3 is 1.62 bits per heavy atom. The Labute approximate surface area is 226 Å². The van der Waals surface area contributed by atoms with Crippen LogP contribution in [0.3, 0.4) is 0 Å². The van der Waals surface area contributed by atoms with Gasteiger partial charge in [-0.3, -0.25) is 19.1 Å². The molecule has 0 aliphatic heterocycles. The number of quaternary nitrogens is 1. The standard InChI is InChI=1S/C27H56NO8P/c1-5-6-7-8-9-10-11-12-13-14-15-16-17-18-19-20-21-26(30)27(22-28(2,3)4)36-37(32,33)34-24-25(23-29)35-31/h25,27,29H,5-24H2,1-4H3,(H-,31,32,33)/p+1/t25-,27?/m1/s1. The van der Waals surface area contributed by atoms with Crippen LogP contribution in [-0.2, 0) is 23.3 Å². The van der Waals surface area contributed by atoms with Crippen molar-refractivity contribution in [3.05, 3.63) is 0 Å². The molecule has 3 N–H and O–H groups in total. The van der Waals surface area contributed by atoms with Crippen molar-refractivity contribution in [1.29, 1.82) is 0 Å². The number of hydrogen-bond donors (Lipinski definition) is 3. The van der Waals surface area contributed by atoms with Crippen LogP contribution in [0.25, 0.3) is 0 Å². The number of likely N-dealkylation sites (N-methyl/N-ethyl adjacent to an activating group) is 1. The first kappa shape index (κ1) is 36.6. The van der Waals surface area contributed by atoms with Crippen molar-refractivity contribution in [2.24, 2.45) is 0 Å². The van der Waals surface area contributed by atoms with Gasteiger partial charge in [-0.15, -0.1) is 0 Å². The largest absolute Gasteiger partial charge is 0.473 e. The normalized spacial score (nSPS) is 15.4. The second-order valence-electron chi connectivity index (χ2n) is 11.3. The summed E-state index contributed by atoms with van der Waals surface area (Å²) >= 11 is 0. The highest BCUT2D eigenvalue weighted by Gasteiger charge is 2.35. The number of phosphoric acid groups is 1. The van der Waals surface area contributed by atoms with Gasteiger partial charge in [0.25, 0.3) is 0 Å². The van der Waals surface area contributed by atoms with Gasteiger partial charge in [0, 0.05) is 6.42 Å². The fraction of sp³-hybridized carbons (Fsp3) is 0.963. The molecule has 0 heterocycles. The van der Waals surface area contributed by atoms with E-state index in [9.17, 15) is 14.3 Å². The minimum Gasteiger partial charge on any atom is -0.393 e. The highest BCUT2D eigenvalue weighted by atomic mass is 31.2. The van der Waals surface area contributed by atoms with Gasteiger partial charge in [0.1, 0.15) is 12.6 Å². The number of ketones is 1. The Hall–Kier alpha value is -0.380. The topological polar surface area (TPSA) is 123 Å². The van der Waals surface area contributed by atoms with Gasteiger partial charge in [-0.2, -0.15) is 0 Å². The van der Waals surface area contributed by atoms with E-state index in [0.717, 1.165) is 19.3 Å². The van der Waals surface area contributed by atoms with Crippen LogP contribution < -0.4 is 0 Å². The number of aliphatic hydroxyl groups is 1. The van der Waals surface area contributed by atoms with E-state index in [4.69, 9.17) is 19.4 Å². The molecule has 0 fully saturated rings. The zero-order valence-corrected chi connectivity index (χ0v) is 25.0. The van der Waals surface area contributed by atoms with E-state index in [2.05, 4.69) is 11.8 Å². The molecule has 0 aromatic heterocycles. The van der Waals surface area contributed by atoms with Crippen molar-refractivity contribution in [3.63, 3.8) is 0 Å². The lowest BCUT2D eigenvalue weighted by Crippen LogP contribution is -2.45. The Balaban J connectivity index is 4.06. The van der Waals surface area contributed by atoms with Gasteiger partial charge in [0.15, 0.2) is 11.9 Å². The Morgan fingerprint density at radius 1 is 0.811 bits per heavy atom. The molecule has 0 amide bonds. The molecule has 0 rings (SSSR count). The molecule has 3 atom stereocenters. The Kier molecular flexibility index (Phi) is 22.2. The molecule has 0 bridgehead atoms. The van der Waals surface area contributed by atoms with E-state index < -0.39 is 33.2 Å². The van der Waals surface area contributed by atoms with Gasteiger partial charge in [-0.05, 0) is 6.42 Å². The lowest BCUT2D eigenvalue weighted by Gasteiger charge is -2.29. The van der Waals surface area contributed by atoms with Crippen LogP contribution in [0.15, 0.2) is 0 Å². The molecule has 2 unspecified atom stereocenters. The average Bonchev–Trinajstić information content (AvgIpc) is 2.82. The third kappa shape index (κ3) is 23.2. The molecular formula is C27H57NO8P+. The van der Waals surface area contributed by atoms with Crippen molar-refractivity contribution in [1.82, 2.24) is 0 Å². The minimum atomic E-state index is -4.58. The molecule has 37 heavy (non-hydrogen) atoms. The first-order valence-corrected chi connectivity index (χ1v) is 15.9. The zero-order valence-electron chi connectivity index (χ0n) is 24.1. The third-order valence-corrected chi connectivity index (χ3v) is 7.38. The maximum absolute atomic E-state index is 12.8. The monoisotopic (exact) mass is 554 g/mol. The highest BCUT2D eigenvalue weighted by Crippen LogP contribution is 2.45. The predicted molar refractivity (Wildman–Crippen MR) is 147 cm³/mol. The summed E-state index contributed by atoms with van der Waals surface area (Å²) in [5.41, 5.74) is 0. The molecule has 0 spiro atoms. The molecular weight excluding hydrogens is 497 g/mol. The summed E-state index contributed by atoms with van der Waals surface area (Å²) < 4.78 is 22.7. The van der Waals surface area contributed by atoms with Crippen LogP contribution in [0.4, 0.5) is 0 Å². The summed E-state index contributed by atoms with van der Waals surface area (Å²) in [6, 6.07) is 0. The molecule has 0 saturated heterocycles. The summed E-state index contributed by atoms with van der Waals surface area (Å²) in [6.07, 6.45) is 18.1. The Bertz CT molecular complexity index is 595. The predicted octanol–water partition coefficient (Wildman–Crippen LogP) is 6.27. The molecule has 0 saturated carbocycles. The molecule has 10 heteroatoms. The van der Waals surface area contributed by atoms with Gasteiger partial charge in [0.2, 0.25) is 0 Å². The van der Waals surface area contributed by atoms with E-state index in [-0.39, 0.29) is 18.7 Å². The molecule has 0 aliphatic rings. The van der Waals surface area contributed by atoms with Crippen LogP contribution in [0.1, 0.15) is 116 Å². The van der Waals surface area contributed by atoms with Crippen molar-refractivity contribution in [3.8, 4) is 0 Å². The lowest BCUT2D eigenvalue weighted by molar-refractivity contribution is -0.872. The lowest BCUT2D eigenvalue weighted by atomic mass is 10.0. The van der Waals surface area contributed by atoms with Crippen LogP contribution in [-0.4, -0.2) is 78.6 Å². The second-order valence-corrected chi connectivity index (χ2v) is 12.7. The van der Waals surface area contributed by atoms with Crippen LogP contribution in [0.2, 0.25) is 0 Å². The third-order valence-electron chi connectivity index (χ3n) is 6.39. The van der Waals surface area contributed by atoms with E-state index in [1.54, 1.807) is 0 Å². The second kappa shape index (κ2) is 22.4. The van der Waals surface area contributed by atoms with Gasteiger partial charge in [-0.1, -0.05) is 103 Å². The first-order valence-electron chi connectivity index (χ1n) is 14.4. The van der Waals surface area contributed by atoms with Gasteiger partial charge in [0.05, 0.1) is 34.4 Å². The van der Waals surface area contributed by atoms with E-state index in [1.165, 1.54) is 83.5 Å². The smallest absolute Gasteiger partial charge is 0.393 e. The Morgan fingerprint density at radius 2 is 1.24 bits per heavy atom. The van der Waals surface area contributed by atoms with Crippen LogP contribution >= 0.6 is 7.82 Å². The van der Waals surface area contributed by atoms with E-state index >= 15 is 0 Å². The van der Waals surface area contributed by atoms with Crippen molar-refractivity contribution in [2.45, 2.75) is 128 Å². The number of rotatable bonds is 27. The minimum absolute atomic E-state index is 0.214. The maximum Gasteiger partial charge on any atom is 0.473 e. The van der Waals surface area contributed by atoms with Crippen LogP contribution in [0.5, 0.6) is 0 Å². The van der Waals surface area contributed by atoms with Gasteiger partial charge < -0.3 is 14.5 Å². The fourth-order valence-electron chi connectivity index (χ4n) is 4.18. The molecule has 0 radical (unpaired) electrons. The maximum atomic E-state index is 12.8. The number of aliphatic hydroxyl groups excluding tert-OH is 1. The number of Topliss-reactive ketones (excluding diaryl/α,β-unsaturated/α-hetero) is 1. The quantitative estimate of drug-likeness (QED) is 0.0357. The molecule has 0 aromatic rings. The SMILES string of the molecule is CCCCCCCCCCCCCCCCCCC(=O)C(C[N+](C)(C)C)OP(=O)(O)OC[C@@H](CO)OO. The number of carbonyl (C=O) groups is 1. The fourth-order valence-corrected chi connectivity index (χ4v) is 5.11. The van der Waals surface area contributed by atoms with Gasteiger partial charge in [-0.25, -0.2) is 9.45 Å². The number of unbranched alkanes of at least 4 members (excludes halogenated alkanes) is 15. The summed E-state index contributed by atoms with van der Waals surface area (Å²) in [5.74, 6) is -0.228. The highest BCUT2D eigenvalue weighted by molar-refractivity contribution is 7.47. The van der Waals surface area contributed by atoms with Crippen LogP contribution in [0, 0.1) is 0 Å². The number of hydrogen-bond acceptors (Lipinski definition) is 7. The number of carbonyl (C=O) groups excluding carboxylic acids is 1. The number of phosphoric ester groups is 1. The summed E-state index contributed by atoms with van der Waals surface area (Å²) in [5, 5.41) is 17.6. The summed E-state index contributed by atoms with van der Waals surface area (Å²) in [6.45, 7) is 1.32. The van der Waals surface area contributed by atoms with Crippen molar-refractivity contribution in [2.75, 3.05) is 40.9 Å². The van der Waals surface area contributed by atoms with Crippen molar-refractivity contribution < 1.29 is 43.0 Å². The molecule has 222 valence electrons. The molecule has 9 nitrogen and oxygen atoms in total.